The molecule has 3 aromatic heterocycles. The van der Waals surface area contributed by atoms with Gasteiger partial charge in [-0.3, -0.25) is 4.57 Å². The summed E-state index contributed by atoms with van der Waals surface area (Å²) in [7, 11) is 1.95. The second-order valence-electron chi connectivity index (χ2n) is 4.80. The van der Waals surface area contributed by atoms with Crippen LogP contribution in [0.3, 0.4) is 0 Å². The molecule has 0 aromatic carbocycles. The first-order valence-corrected chi connectivity index (χ1v) is 6.98. The maximum Gasteiger partial charge on any atom is 0.161 e. The zero-order chi connectivity index (χ0) is 13.9. The number of nitrogens with one attached hydrogen (secondary N) is 1. The van der Waals surface area contributed by atoms with Gasteiger partial charge >= 0.3 is 0 Å². The Hall–Kier alpha value is -2.14. The molecule has 5 heteroatoms. The molecule has 3 heterocycles. The summed E-state index contributed by atoms with van der Waals surface area (Å²) in [4.78, 5) is 9.21. The Morgan fingerprint density at radius 2 is 2.15 bits per heavy atom. The van der Waals surface area contributed by atoms with Gasteiger partial charge in [0, 0.05) is 31.6 Å². The molecule has 0 unspecified atom stereocenters. The van der Waals surface area contributed by atoms with Crippen molar-refractivity contribution in [2.75, 3.05) is 7.05 Å². The van der Waals surface area contributed by atoms with Crippen LogP contribution in [-0.4, -0.2) is 26.0 Å². The summed E-state index contributed by atoms with van der Waals surface area (Å²) in [5.41, 5.74) is 2.11. The van der Waals surface area contributed by atoms with E-state index in [0.29, 0.717) is 0 Å². The minimum atomic E-state index is 0.768. The van der Waals surface area contributed by atoms with Crippen molar-refractivity contribution < 1.29 is 0 Å². The fourth-order valence-corrected chi connectivity index (χ4v) is 2.49. The van der Waals surface area contributed by atoms with Crippen molar-refractivity contribution in [1.29, 1.82) is 0 Å². The van der Waals surface area contributed by atoms with Crippen LogP contribution in [0.1, 0.15) is 24.9 Å². The smallest absolute Gasteiger partial charge is 0.161 e. The molecule has 3 aromatic rings. The van der Waals surface area contributed by atoms with E-state index in [-0.39, 0.29) is 0 Å². The van der Waals surface area contributed by atoms with E-state index in [4.69, 9.17) is 4.98 Å². The molecule has 0 amide bonds. The summed E-state index contributed by atoms with van der Waals surface area (Å²) in [6.07, 6.45) is 7.92. The maximum absolute atomic E-state index is 4.76. The van der Waals surface area contributed by atoms with Gasteiger partial charge < -0.3 is 9.72 Å². The SMILES string of the molecule is CCCc1nccn1-c1nc2ccccn2c1CNC. The summed E-state index contributed by atoms with van der Waals surface area (Å²) in [6, 6.07) is 6.06. The lowest BCUT2D eigenvalue weighted by Crippen LogP contribution is -2.11. The Morgan fingerprint density at radius 1 is 1.25 bits per heavy atom. The highest BCUT2D eigenvalue weighted by Gasteiger charge is 2.15. The van der Waals surface area contributed by atoms with E-state index >= 15 is 0 Å². The van der Waals surface area contributed by atoms with Gasteiger partial charge in [-0.1, -0.05) is 13.0 Å². The van der Waals surface area contributed by atoms with Crippen LogP contribution in [0.15, 0.2) is 36.8 Å². The molecule has 5 nitrogen and oxygen atoms in total. The molecule has 3 rings (SSSR count). The third kappa shape index (κ3) is 2.10. The monoisotopic (exact) mass is 269 g/mol. The first-order valence-electron chi connectivity index (χ1n) is 6.98. The zero-order valence-corrected chi connectivity index (χ0v) is 11.9. The Morgan fingerprint density at radius 3 is 2.95 bits per heavy atom. The van der Waals surface area contributed by atoms with E-state index < -0.39 is 0 Å². The first kappa shape index (κ1) is 12.9. The summed E-state index contributed by atoms with van der Waals surface area (Å²) in [6.45, 7) is 2.93. The van der Waals surface area contributed by atoms with Crippen LogP contribution >= 0.6 is 0 Å². The largest absolute Gasteiger partial charge is 0.314 e. The molecule has 20 heavy (non-hydrogen) atoms. The lowest BCUT2D eigenvalue weighted by atomic mass is 10.3. The molecule has 0 aliphatic carbocycles. The maximum atomic E-state index is 4.76. The fourth-order valence-electron chi connectivity index (χ4n) is 2.49. The van der Waals surface area contributed by atoms with E-state index in [0.717, 1.165) is 42.4 Å². The van der Waals surface area contributed by atoms with Gasteiger partial charge in [0.05, 0.1) is 5.69 Å². The number of fused-ring (bicyclic) bond motifs is 1. The molecule has 0 spiro atoms. The van der Waals surface area contributed by atoms with Crippen LogP contribution < -0.4 is 5.32 Å². The van der Waals surface area contributed by atoms with Crippen LogP contribution in [0.4, 0.5) is 0 Å². The normalized spacial score (nSPS) is 11.3. The van der Waals surface area contributed by atoms with Crippen LogP contribution in [0.5, 0.6) is 0 Å². The van der Waals surface area contributed by atoms with Crippen molar-refractivity contribution in [2.24, 2.45) is 0 Å². The van der Waals surface area contributed by atoms with Gasteiger partial charge in [-0.2, -0.15) is 0 Å². The lowest BCUT2D eigenvalue weighted by molar-refractivity contribution is 0.753. The Kier molecular flexibility index (Phi) is 3.52. The quantitative estimate of drug-likeness (QED) is 0.772. The number of aryl methyl sites for hydroxylation is 1. The number of aromatic nitrogens is 4. The molecule has 0 aliphatic rings. The number of hydrogen-bond acceptors (Lipinski definition) is 3. The Labute approximate surface area is 118 Å². The van der Waals surface area contributed by atoms with Crippen LogP contribution in [-0.2, 0) is 13.0 Å². The van der Waals surface area contributed by atoms with Gasteiger partial charge in [0.1, 0.15) is 11.5 Å². The number of nitrogens with zero attached hydrogens (tertiary/aromatic N) is 4. The average molecular weight is 269 g/mol. The zero-order valence-electron chi connectivity index (χ0n) is 11.9. The van der Waals surface area contributed by atoms with Crippen LogP contribution in [0.2, 0.25) is 0 Å². The summed E-state index contributed by atoms with van der Waals surface area (Å²) < 4.78 is 4.23. The van der Waals surface area contributed by atoms with Crippen molar-refractivity contribution in [3.8, 4) is 5.82 Å². The minimum Gasteiger partial charge on any atom is -0.314 e. The molecule has 0 saturated carbocycles. The molecule has 0 bridgehead atoms. The van der Waals surface area contributed by atoms with Gasteiger partial charge in [-0.25, -0.2) is 9.97 Å². The lowest BCUT2D eigenvalue weighted by Gasteiger charge is -2.07. The second-order valence-corrected chi connectivity index (χ2v) is 4.80. The Bertz CT molecular complexity index is 710. The number of imidazole rings is 2. The van der Waals surface area contributed by atoms with Gasteiger partial charge in [0.25, 0.3) is 0 Å². The van der Waals surface area contributed by atoms with E-state index in [1.54, 1.807) is 0 Å². The molecule has 0 saturated heterocycles. The van der Waals surface area contributed by atoms with Crippen molar-refractivity contribution in [3.63, 3.8) is 0 Å². The second kappa shape index (κ2) is 5.46. The summed E-state index contributed by atoms with van der Waals surface area (Å²) >= 11 is 0. The summed E-state index contributed by atoms with van der Waals surface area (Å²) in [5, 5.41) is 3.22. The third-order valence-electron chi connectivity index (χ3n) is 3.37. The minimum absolute atomic E-state index is 0.768. The van der Waals surface area contributed by atoms with Crippen molar-refractivity contribution in [3.05, 3.63) is 48.3 Å². The number of hydrogen-bond donors (Lipinski definition) is 1. The fraction of sp³-hybridized carbons (Fsp3) is 0.333. The highest BCUT2D eigenvalue weighted by atomic mass is 15.2. The van der Waals surface area contributed by atoms with E-state index in [1.165, 1.54) is 0 Å². The molecule has 0 aliphatic heterocycles. The first-order chi connectivity index (χ1) is 9.85. The van der Waals surface area contributed by atoms with Crippen molar-refractivity contribution in [2.45, 2.75) is 26.3 Å². The summed E-state index contributed by atoms with van der Waals surface area (Å²) in [5.74, 6) is 2.03. The van der Waals surface area contributed by atoms with E-state index in [1.807, 2.05) is 37.6 Å². The number of rotatable bonds is 5. The molecule has 0 radical (unpaired) electrons. The van der Waals surface area contributed by atoms with Crippen LogP contribution in [0.25, 0.3) is 11.5 Å². The highest BCUT2D eigenvalue weighted by molar-refractivity contribution is 5.49. The molecule has 104 valence electrons. The highest BCUT2D eigenvalue weighted by Crippen LogP contribution is 2.19. The van der Waals surface area contributed by atoms with Gasteiger partial charge in [-0.05, 0) is 25.6 Å². The van der Waals surface area contributed by atoms with Crippen molar-refractivity contribution >= 4 is 5.65 Å². The third-order valence-corrected chi connectivity index (χ3v) is 3.37. The van der Waals surface area contributed by atoms with E-state index in [2.05, 4.69) is 32.4 Å². The number of pyridine rings is 1. The predicted molar refractivity (Wildman–Crippen MR) is 79.1 cm³/mol. The molecular formula is C15H19N5. The predicted octanol–water partition coefficient (Wildman–Crippen LogP) is 2.19. The standard InChI is InChI=1S/C15H19N5/c1-3-6-13-17-8-10-20(13)15-12(11-16-2)19-9-5-4-7-14(19)18-15/h4-5,7-10,16H,3,6,11H2,1-2H3. The topological polar surface area (TPSA) is 47.2 Å². The molecule has 0 fully saturated rings. The van der Waals surface area contributed by atoms with Gasteiger partial charge in [-0.15, -0.1) is 0 Å². The average Bonchev–Trinajstić information content (AvgIpc) is 3.05. The molecule has 1 N–H and O–H groups in total. The van der Waals surface area contributed by atoms with Gasteiger partial charge in [0.2, 0.25) is 0 Å². The van der Waals surface area contributed by atoms with Gasteiger partial charge in [0.15, 0.2) is 5.82 Å². The molecule has 0 atom stereocenters. The van der Waals surface area contributed by atoms with Crippen molar-refractivity contribution in [1.82, 2.24) is 24.3 Å². The van der Waals surface area contributed by atoms with Crippen LogP contribution in [0, 0.1) is 0 Å². The molecular weight excluding hydrogens is 250 g/mol. The van der Waals surface area contributed by atoms with E-state index in [9.17, 15) is 0 Å². The Balaban J connectivity index is 2.19.